The van der Waals surface area contributed by atoms with Crippen LogP contribution in [0.1, 0.15) is 13.3 Å². The molecule has 1 fully saturated rings. The fourth-order valence-corrected chi connectivity index (χ4v) is 3.69. The molecule has 1 heterocycles. The minimum absolute atomic E-state index is 0.0960. The van der Waals surface area contributed by atoms with Crippen LogP contribution < -0.4 is 5.73 Å². The van der Waals surface area contributed by atoms with Gasteiger partial charge in [-0.05, 0) is 6.92 Å². The molecule has 1 saturated heterocycles. The first-order valence-corrected chi connectivity index (χ1v) is 6.83. The Morgan fingerprint density at radius 2 is 2.07 bits per heavy atom. The number of nitrogens with two attached hydrogens (primary N) is 1. The van der Waals surface area contributed by atoms with Crippen LogP contribution in [0.25, 0.3) is 0 Å². The third kappa shape index (κ3) is 3.89. The molecule has 6 heteroatoms. The quantitative estimate of drug-likeness (QED) is 0.443. The number of carbonyl (C=O) groups excluding carboxylic acids is 2. The molecule has 1 aliphatic heterocycles. The summed E-state index contributed by atoms with van der Waals surface area (Å²) in [5, 5.41) is 0. The maximum absolute atomic E-state index is 11.3. The Balaban J connectivity index is 2.28. The Morgan fingerprint density at radius 1 is 1.50 bits per heavy atom. The first kappa shape index (κ1) is 11.9. The van der Waals surface area contributed by atoms with Crippen molar-refractivity contribution in [2.75, 3.05) is 11.5 Å². The Kier molecular flexibility index (Phi) is 4.77. The number of esters is 2. The first-order valence-electron chi connectivity index (χ1n) is 4.34. The smallest absolute Gasteiger partial charge is 0.318 e. The van der Waals surface area contributed by atoms with Crippen molar-refractivity contribution < 1.29 is 14.3 Å². The molecular weight excluding hydrogens is 222 g/mol. The Morgan fingerprint density at radius 3 is 2.57 bits per heavy atom. The van der Waals surface area contributed by atoms with Gasteiger partial charge in [-0.15, -0.1) is 0 Å². The van der Waals surface area contributed by atoms with E-state index in [1.807, 2.05) is 0 Å². The van der Waals surface area contributed by atoms with Gasteiger partial charge in [0.05, 0.1) is 12.3 Å². The molecular formula is C8H13NO3S2. The molecule has 0 radical (unpaired) electrons. The van der Waals surface area contributed by atoms with Crippen molar-refractivity contribution in [3.8, 4) is 0 Å². The summed E-state index contributed by atoms with van der Waals surface area (Å²) in [6.45, 7) is 1.70. The van der Waals surface area contributed by atoms with Crippen molar-refractivity contribution >= 4 is 33.5 Å². The molecule has 0 aromatic rings. The number of rotatable bonds is 3. The number of hydrogen-bond acceptors (Lipinski definition) is 6. The van der Waals surface area contributed by atoms with E-state index in [0.717, 1.165) is 11.5 Å². The molecule has 0 spiro atoms. The molecule has 1 rings (SSSR count). The summed E-state index contributed by atoms with van der Waals surface area (Å²) in [4.78, 5) is 22.4. The van der Waals surface area contributed by atoms with Crippen LogP contribution in [0.2, 0.25) is 0 Å². The van der Waals surface area contributed by atoms with E-state index in [4.69, 9.17) is 5.73 Å². The van der Waals surface area contributed by atoms with E-state index in [1.165, 1.54) is 0 Å². The lowest BCUT2D eigenvalue weighted by Gasteiger charge is -2.07. The van der Waals surface area contributed by atoms with E-state index in [9.17, 15) is 9.59 Å². The zero-order chi connectivity index (χ0) is 10.6. The van der Waals surface area contributed by atoms with Gasteiger partial charge in [-0.2, -0.15) is 0 Å². The van der Waals surface area contributed by atoms with E-state index in [0.29, 0.717) is 0 Å². The van der Waals surface area contributed by atoms with Crippen molar-refractivity contribution in [2.45, 2.75) is 19.4 Å². The highest BCUT2D eigenvalue weighted by Crippen LogP contribution is 2.35. The van der Waals surface area contributed by atoms with Gasteiger partial charge in [-0.25, -0.2) is 0 Å². The summed E-state index contributed by atoms with van der Waals surface area (Å²) >= 11 is 0. The molecule has 0 aromatic heterocycles. The maximum Gasteiger partial charge on any atom is 0.318 e. The standard InChI is InChI=1S/C8H13NO3S2/c1-5(9)2-7(10)12-8(11)6-3-13-14-4-6/h5-6H,2-4,9H2,1H3. The lowest BCUT2D eigenvalue weighted by molar-refractivity contribution is -0.161. The summed E-state index contributed by atoms with van der Waals surface area (Å²) in [6.07, 6.45) is 0.0960. The molecule has 0 saturated carbocycles. The highest BCUT2D eigenvalue weighted by Gasteiger charge is 2.27. The summed E-state index contributed by atoms with van der Waals surface area (Å²) < 4.78 is 4.66. The third-order valence-corrected chi connectivity index (χ3v) is 4.22. The second-order valence-electron chi connectivity index (χ2n) is 3.24. The van der Waals surface area contributed by atoms with E-state index in [2.05, 4.69) is 4.74 Å². The minimum Gasteiger partial charge on any atom is -0.393 e. The monoisotopic (exact) mass is 235 g/mol. The largest absolute Gasteiger partial charge is 0.393 e. The van der Waals surface area contributed by atoms with Gasteiger partial charge in [0, 0.05) is 17.5 Å². The number of ether oxygens (including phenoxy) is 1. The second-order valence-corrected chi connectivity index (χ2v) is 5.79. The molecule has 0 aromatic carbocycles. The molecule has 2 N–H and O–H groups in total. The van der Waals surface area contributed by atoms with E-state index >= 15 is 0 Å². The van der Waals surface area contributed by atoms with Crippen LogP contribution in [0.15, 0.2) is 0 Å². The van der Waals surface area contributed by atoms with Crippen LogP contribution in [0.3, 0.4) is 0 Å². The normalized spacial score (nSPS) is 19.3. The fourth-order valence-electron chi connectivity index (χ4n) is 0.945. The molecule has 80 valence electrons. The van der Waals surface area contributed by atoms with Gasteiger partial charge >= 0.3 is 11.9 Å². The van der Waals surface area contributed by atoms with Gasteiger partial charge in [-0.3, -0.25) is 9.59 Å². The van der Waals surface area contributed by atoms with Crippen molar-refractivity contribution in [2.24, 2.45) is 11.7 Å². The molecule has 1 aliphatic rings. The van der Waals surface area contributed by atoms with Gasteiger partial charge in [0.1, 0.15) is 0 Å². The van der Waals surface area contributed by atoms with Crippen molar-refractivity contribution in [1.82, 2.24) is 0 Å². The van der Waals surface area contributed by atoms with Gasteiger partial charge in [0.15, 0.2) is 0 Å². The highest BCUT2D eigenvalue weighted by molar-refractivity contribution is 8.77. The average molecular weight is 235 g/mol. The van der Waals surface area contributed by atoms with Gasteiger partial charge in [-0.1, -0.05) is 21.6 Å². The topological polar surface area (TPSA) is 69.4 Å². The molecule has 0 aliphatic carbocycles. The van der Waals surface area contributed by atoms with Crippen molar-refractivity contribution in [1.29, 1.82) is 0 Å². The fraction of sp³-hybridized carbons (Fsp3) is 0.750. The Labute approximate surface area is 90.7 Å². The Hall–Kier alpha value is -0.200. The summed E-state index contributed by atoms with van der Waals surface area (Å²) in [7, 11) is 3.26. The van der Waals surface area contributed by atoms with Gasteiger partial charge in [0.25, 0.3) is 0 Å². The van der Waals surface area contributed by atoms with Crippen LogP contribution in [-0.4, -0.2) is 29.5 Å². The van der Waals surface area contributed by atoms with E-state index in [1.54, 1.807) is 28.5 Å². The van der Waals surface area contributed by atoms with Crippen LogP contribution in [0, 0.1) is 5.92 Å². The third-order valence-electron chi connectivity index (χ3n) is 1.66. The number of carbonyl (C=O) groups is 2. The van der Waals surface area contributed by atoms with Gasteiger partial charge < -0.3 is 10.5 Å². The SMILES string of the molecule is CC(N)CC(=O)OC(=O)C1CSSC1. The van der Waals surface area contributed by atoms with Crippen molar-refractivity contribution in [3.63, 3.8) is 0 Å². The summed E-state index contributed by atoms with van der Waals surface area (Å²) in [5.74, 6) is 0.395. The lowest BCUT2D eigenvalue weighted by atomic mass is 10.2. The average Bonchev–Trinajstić information content (AvgIpc) is 2.53. The second kappa shape index (κ2) is 5.63. The van der Waals surface area contributed by atoms with Crippen LogP contribution in [-0.2, 0) is 14.3 Å². The predicted molar refractivity (Wildman–Crippen MR) is 57.8 cm³/mol. The van der Waals surface area contributed by atoms with Crippen LogP contribution in [0.5, 0.6) is 0 Å². The minimum atomic E-state index is -0.521. The first-order chi connectivity index (χ1) is 6.59. The molecule has 14 heavy (non-hydrogen) atoms. The van der Waals surface area contributed by atoms with Crippen molar-refractivity contribution in [3.05, 3.63) is 0 Å². The van der Waals surface area contributed by atoms with E-state index < -0.39 is 11.9 Å². The molecule has 1 unspecified atom stereocenters. The molecule has 0 bridgehead atoms. The zero-order valence-electron chi connectivity index (χ0n) is 7.89. The zero-order valence-corrected chi connectivity index (χ0v) is 9.53. The summed E-state index contributed by atoms with van der Waals surface area (Å²) in [6, 6.07) is -0.261. The van der Waals surface area contributed by atoms with Crippen LogP contribution in [0.4, 0.5) is 0 Å². The summed E-state index contributed by atoms with van der Waals surface area (Å²) in [5.41, 5.74) is 5.40. The lowest BCUT2D eigenvalue weighted by Crippen LogP contribution is -2.26. The molecule has 0 amide bonds. The van der Waals surface area contributed by atoms with E-state index in [-0.39, 0.29) is 18.4 Å². The molecule has 1 atom stereocenters. The molecule has 4 nitrogen and oxygen atoms in total. The highest BCUT2D eigenvalue weighted by atomic mass is 33.1. The van der Waals surface area contributed by atoms with Gasteiger partial charge in [0.2, 0.25) is 0 Å². The maximum atomic E-state index is 11.3. The predicted octanol–water partition coefficient (Wildman–Crippen LogP) is 0.805. The number of hydrogen-bond donors (Lipinski definition) is 1. The van der Waals surface area contributed by atoms with Crippen LogP contribution >= 0.6 is 21.6 Å². The Bertz CT molecular complexity index is 227.